The molecule has 0 heterocycles. The smallest absolute Gasteiger partial charge is 0.261 e. The topological polar surface area (TPSA) is 63.2 Å². The molecule has 0 atom stereocenters. The van der Waals surface area contributed by atoms with Crippen molar-refractivity contribution in [2.45, 2.75) is 11.8 Å². The van der Waals surface area contributed by atoms with Crippen LogP contribution in [0.15, 0.2) is 47.4 Å². The van der Waals surface area contributed by atoms with Crippen LogP contribution in [0.2, 0.25) is 10.0 Å². The van der Waals surface area contributed by atoms with Crippen LogP contribution in [-0.2, 0) is 10.0 Å². The van der Waals surface area contributed by atoms with Gasteiger partial charge in [0.25, 0.3) is 10.0 Å². The van der Waals surface area contributed by atoms with Gasteiger partial charge >= 0.3 is 0 Å². The van der Waals surface area contributed by atoms with Crippen molar-refractivity contribution in [3.8, 4) is 0 Å². The second kappa shape index (κ2) is 6.05. The Labute approximate surface area is 132 Å². The predicted octanol–water partition coefficient (Wildman–Crippen LogP) is 4.00. The Morgan fingerprint density at radius 1 is 1.05 bits per heavy atom. The normalized spacial score (nSPS) is 11.2. The minimum absolute atomic E-state index is 0.0322. The van der Waals surface area contributed by atoms with E-state index in [0.29, 0.717) is 5.56 Å². The Bertz CT molecular complexity index is 804. The molecule has 0 spiro atoms. The fraction of sp³-hybridized carbons (Fsp3) is 0.0714. The predicted molar refractivity (Wildman–Crippen MR) is 83.7 cm³/mol. The summed E-state index contributed by atoms with van der Waals surface area (Å²) in [5, 5.41) is 0.402. The molecule has 4 nitrogen and oxygen atoms in total. The van der Waals surface area contributed by atoms with Crippen LogP contribution in [0.3, 0.4) is 0 Å². The van der Waals surface area contributed by atoms with Gasteiger partial charge in [-0.1, -0.05) is 35.3 Å². The third kappa shape index (κ3) is 3.56. The lowest BCUT2D eigenvalue weighted by Gasteiger charge is -2.11. The maximum Gasteiger partial charge on any atom is 0.261 e. The number of halogens is 2. The average molecular weight is 344 g/mol. The molecule has 0 saturated heterocycles. The number of sulfonamides is 1. The number of Topliss-reactive ketones (excluding diaryl/α,β-unsaturated/α-hetero) is 1. The molecule has 0 bridgehead atoms. The molecule has 0 fully saturated rings. The highest BCUT2D eigenvalue weighted by Crippen LogP contribution is 2.26. The molecular weight excluding hydrogens is 333 g/mol. The van der Waals surface area contributed by atoms with Crippen molar-refractivity contribution in [3.05, 3.63) is 58.1 Å². The number of hydrogen-bond donors (Lipinski definition) is 1. The SMILES string of the molecule is CC(=O)c1ccccc1NS(=O)(=O)c1ccc(Cl)c(Cl)c1. The van der Waals surface area contributed by atoms with E-state index in [1.165, 1.54) is 31.2 Å². The summed E-state index contributed by atoms with van der Waals surface area (Å²) in [6.07, 6.45) is 0. The highest BCUT2D eigenvalue weighted by Gasteiger charge is 2.18. The van der Waals surface area contributed by atoms with Gasteiger partial charge in [-0.15, -0.1) is 0 Å². The molecule has 7 heteroatoms. The zero-order chi connectivity index (χ0) is 15.6. The Balaban J connectivity index is 2.42. The van der Waals surface area contributed by atoms with Gasteiger partial charge in [-0.05, 0) is 37.3 Å². The van der Waals surface area contributed by atoms with Crippen molar-refractivity contribution in [1.29, 1.82) is 0 Å². The molecule has 0 unspecified atom stereocenters. The van der Waals surface area contributed by atoms with Crippen LogP contribution in [0.1, 0.15) is 17.3 Å². The molecule has 21 heavy (non-hydrogen) atoms. The minimum atomic E-state index is -3.85. The van der Waals surface area contributed by atoms with Crippen molar-refractivity contribution >= 4 is 44.7 Å². The second-order valence-corrected chi connectivity index (χ2v) is 6.78. The zero-order valence-electron chi connectivity index (χ0n) is 10.9. The molecule has 1 N–H and O–H groups in total. The Morgan fingerprint density at radius 3 is 2.33 bits per heavy atom. The minimum Gasteiger partial charge on any atom is -0.294 e. The van der Waals surface area contributed by atoms with Gasteiger partial charge in [0.05, 0.1) is 20.6 Å². The van der Waals surface area contributed by atoms with Crippen LogP contribution in [0.4, 0.5) is 5.69 Å². The lowest BCUT2D eigenvalue weighted by Crippen LogP contribution is -2.15. The van der Waals surface area contributed by atoms with Gasteiger partial charge in [-0.25, -0.2) is 8.42 Å². The van der Waals surface area contributed by atoms with E-state index in [4.69, 9.17) is 23.2 Å². The highest BCUT2D eigenvalue weighted by atomic mass is 35.5. The van der Waals surface area contributed by atoms with Gasteiger partial charge in [0.15, 0.2) is 5.78 Å². The molecule has 0 radical (unpaired) electrons. The van der Waals surface area contributed by atoms with Gasteiger partial charge in [0.1, 0.15) is 0 Å². The van der Waals surface area contributed by atoms with E-state index in [1.807, 2.05) is 0 Å². The first kappa shape index (κ1) is 15.8. The largest absolute Gasteiger partial charge is 0.294 e. The number of hydrogen-bond acceptors (Lipinski definition) is 3. The van der Waals surface area contributed by atoms with Crippen molar-refractivity contribution in [3.63, 3.8) is 0 Å². The molecule has 0 aromatic heterocycles. The van der Waals surface area contributed by atoms with Gasteiger partial charge in [-0.3, -0.25) is 9.52 Å². The van der Waals surface area contributed by atoms with E-state index >= 15 is 0 Å². The number of rotatable bonds is 4. The van der Waals surface area contributed by atoms with Crippen molar-refractivity contribution in [2.75, 3.05) is 4.72 Å². The Hall–Kier alpha value is -1.56. The number of ketones is 1. The van der Waals surface area contributed by atoms with E-state index < -0.39 is 10.0 Å². The van der Waals surface area contributed by atoms with E-state index in [1.54, 1.807) is 18.2 Å². The van der Waals surface area contributed by atoms with Crippen LogP contribution in [0, 0.1) is 0 Å². The zero-order valence-corrected chi connectivity index (χ0v) is 13.3. The van der Waals surface area contributed by atoms with Gasteiger partial charge in [0.2, 0.25) is 0 Å². The number of benzene rings is 2. The summed E-state index contributed by atoms with van der Waals surface area (Å²) in [5.74, 6) is -0.234. The lowest BCUT2D eigenvalue weighted by molar-refractivity contribution is 0.101. The monoisotopic (exact) mass is 343 g/mol. The van der Waals surface area contributed by atoms with Crippen molar-refractivity contribution in [1.82, 2.24) is 0 Å². The average Bonchev–Trinajstić information content (AvgIpc) is 2.41. The lowest BCUT2D eigenvalue weighted by atomic mass is 10.1. The summed E-state index contributed by atoms with van der Waals surface area (Å²) in [4.78, 5) is 11.5. The molecule has 2 aromatic rings. The van der Waals surface area contributed by atoms with Crippen LogP contribution in [0.25, 0.3) is 0 Å². The standard InChI is InChI=1S/C14H11Cl2NO3S/c1-9(18)11-4-2-3-5-14(11)17-21(19,20)10-6-7-12(15)13(16)8-10/h2-8,17H,1H3. The molecule has 2 aromatic carbocycles. The van der Waals surface area contributed by atoms with E-state index in [9.17, 15) is 13.2 Å². The van der Waals surface area contributed by atoms with Crippen LogP contribution in [0.5, 0.6) is 0 Å². The van der Waals surface area contributed by atoms with E-state index in [2.05, 4.69) is 4.72 Å². The van der Waals surface area contributed by atoms with Gasteiger partial charge in [0, 0.05) is 5.56 Å². The van der Waals surface area contributed by atoms with Crippen LogP contribution < -0.4 is 4.72 Å². The summed E-state index contributed by atoms with van der Waals surface area (Å²) >= 11 is 11.6. The Morgan fingerprint density at radius 2 is 1.71 bits per heavy atom. The van der Waals surface area contributed by atoms with Crippen molar-refractivity contribution < 1.29 is 13.2 Å². The summed E-state index contributed by atoms with van der Waals surface area (Å²) < 4.78 is 27.0. The molecule has 0 amide bonds. The number of carbonyl (C=O) groups is 1. The molecule has 110 valence electrons. The van der Waals surface area contributed by atoms with Gasteiger partial charge < -0.3 is 0 Å². The molecular formula is C14H11Cl2NO3S. The first-order chi connectivity index (χ1) is 9.81. The molecule has 0 aliphatic carbocycles. The number of para-hydroxylation sites is 1. The van der Waals surface area contributed by atoms with E-state index in [0.717, 1.165) is 0 Å². The summed E-state index contributed by atoms with van der Waals surface area (Å²) in [7, 11) is -3.85. The summed E-state index contributed by atoms with van der Waals surface area (Å²) in [5.41, 5.74) is 0.511. The first-order valence-electron chi connectivity index (χ1n) is 5.89. The molecule has 0 aliphatic heterocycles. The first-order valence-corrected chi connectivity index (χ1v) is 8.13. The molecule has 2 rings (SSSR count). The quantitative estimate of drug-likeness (QED) is 0.853. The highest BCUT2D eigenvalue weighted by molar-refractivity contribution is 7.92. The van der Waals surface area contributed by atoms with Crippen LogP contribution in [-0.4, -0.2) is 14.2 Å². The fourth-order valence-corrected chi connectivity index (χ4v) is 3.20. The summed E-state index contributed by atoms with van der Waals surface area (Å²) in [6.45, 7) is 1.37. The third-order valence-electron chi connectivity index (χ3n) is 2.75. The summed E-state index contributed by atoms with van der Waals surface area (Å²) in [6, 6.07) is 10.4. The van der Waals surface area contributed by atoms with Gasteiger partial charge in [-0.2, -0.15) is 0 Å². The number of carbonyl (C=O) groups excluding carboxylic acids is 1. The Kier molecular flexibility index (Phi) is 4.56. The number of nitrogens with one attached hydrogen (secondary N) is 1. The second-order valence-electron chi connectivity index (χ2n) is 4.28. The molecule has 0 aliphatic rings. The number of anilines is 1. The van der Waals surface area contributed by atoms with Crippen LogP contribution >= 0.6 is 23.2 Å². The third-order valence-corrected chi connectivity index (χ3v) is 4.85. The van der Waals surface area contributed by atoms with Crippen molar-refractivity contribution in [2.24, 2.45) is 0 Å². The van der Waals surface area contributed by atoms with E-state index in [-0.39, 0.29) is 26.4 Å². The maximum atomic E-state index is 12.3. The maximum absolute atomic E-state index is 12.3. The molecule has 0 saturated carbocycles. The fourth-order valence-electron chi connectivity index (χ4n) is 1.73.